The van der Waals surface area contributed by atoms with Gasteiger partial charge in [0.2, 0.25) is 0 Å². The quantitative estimate of drug-likeness (QED) is 0.285. The first-order valence-electron chi connectivity index (χ1n) is 13.2. The number of methoxy groups -OCH3 is 1. The third-order valence-corrected chi connectivity index (χ3v) is 7.03. The Morgan fingerprint density at radius 1 is 1.03 bits per heavy atom. The number of nitrogens with zero attached hydrogens (tertiary/aromatic N) is 1. The molecular formula is C31H37NO7. The van der Waals surface area contributed by atoms with Gasteiger partial charge in [0.25, 0.3) is 0 Å². The van der Waals surface area contributed by atoms with Gasteiger partial charge in [-0.2, -0.15) is 0 Å². The molecule has 2 N–H and O–H groups in total. The normalized spacial score (nSPS) is 17.1. The molecule has 0 radical (unpaired) electrons. The zero-order chi connectivity index (χ0) is 27.6. The molecule has 8 nitrogen and oxygen atoms in total. The fourth-order valence-electron chi connectivity index (χ4n) is 4.76. The summed E-state index contributed by atoms with van der Waals surface area (Å²) in [5, 5.41) is 19.5. The number of hydrogen-bond donors (Lipinski definition) is 2. The van der Waals surface area contributed by atoms with E-state index >= 15 is 0 Å². The Balaban J connectivity index is 1.27. The van der Waals surface area contributed by atoms with E-state index in [1.807, 2.05) is 67.6 Å². The predicted octanol–water partition coefficient (Wildman–Crippen LogP) is 5.75. The van der Waals surface area contributed by atoms with Gasteiger partial charge in [0, 0.05) is 24.4 Å². The molecule has 0 aliphatic carbocycles. The van der Waals surface area contributed by atoms with Gasteiger partial charge < -0.3 is 34.1 Å². The van der Waals surface area contributed by atoms with Crippen LogP contribution in [0, 0.1) is 6.92 Å². The van der Waals surface area contributed by atoms with Crippen molar-refractivity contribution in [3.63, 3.8) is 0 Å². The van der Waals surface area contributed by atoms with Crippen LogP contribution in [0.2, 0.25) is 0 Å². The van der Waals surface area contributed by atoms with Crippen molar-refractivity contribution in [3.05, 3.63) is 89.0 Å². The van der Waals surface area contributed by atoms with Crippen molar-refractivity contribution < 1.29 is 34.0 Å². The number of para-hydroxylation sites is 1. The lowest BCUT2D eigenvalue weighted by Gasteiger charge is -2.37. The number of amides is 1. The van der Waals surface area contributed by atoms with Gasteiger partial charge in [0.05, 0.1) is 46.2 Å². The van der Waals surface area contributed by atoms with E-state index in [0.29, 0.717) is 45.9 Å². The summed E-state index contributed by atoms with van der Waals surface area (Å²) in [6, 6.07) is 21.2. The number of rotatable bonds is 12. The van der Waals surface area contributed by atoms with Crippen molar-refractivity contribution in [2.24, 2.45) is 0 Å². The number of phenolic OH excluding ortho intramolecular Hbond substituents is 1. The Hall–Kier alpha value is -3.75. The number of phenols is 1. The Morgan fingerprint density at radius 3 is 2.56 bits per heavy atom. The Bertz CT molecular complexity index is 1210. The average Bonchev–Trinajstić information content (AvgIpc) is 2.96. The van der Waals surface area contributed by atoms with E-state index in [4.69, 9.17) is 18.9 Å². The lowest BCUT2D eigenvalue weighted by molar-refractivity contribution is -0.0200. The van der Waals surface area contributed by atoms with Crippen LogP contribution >= 0.6 is 0 Å². The van der Waals surface area contributed by atoms with Gasteiger partial charge in [0.15, 0.2) is 0 Å². The maximum absolute atomic E-state index is 11.6. The predicted molar refractivity (Wildman–Crippen MR) is 148 cm³/mol. The maximum Gasteiger partial charge on any atom is 0.407 e. The Morgan fingerprint density at radius 2 is 1.82 bits per heavy atom. The zero-order valence-corrected chi connectivity index (χ0v) is 22.5. The topological polar surface area (TPSA) is 97.7 Å². The second-order valence-electron chi connectivity index (χ2n) is 9.73. The summed E-state index contributed by atoms with van der Waals surface area (Å²) < 4.78 is 23.2. The van der Waals surface area contributed by atoms with E-state index in [2.05, 4.69) is 0 Å². The van der Waals surface area contributed by atoms with E-state index in [0.717, 1.165) is 40.2 Å². The summed E-state index contributed by atoms with van der Waals surface area (Å²) in [6.45, 7) is 4.50. The van der Waals surface area contributed by atoms with Crippen LogP contribution in [-0.4, -0.2) is 60.7 Å². The first-order chi connectivity index (χ1) is 18.9. The molecule has 0 bridgehead atoms. The molecule has 1 heterocycles. The molecule has 4 rings (SSSR count). The molecule has 208 valence electrons. The van der Waals surface area contributed by atoms with Crippen LogP contribution in [-0.2, 0) is 22.7 Å². The molecule has 3 aromatic carbocycles. The molecule has 1 aliphatic rings. The fraction of sp³-hybridized carbons (Fsp3) is 0.387. The van der Waals surface area contributed by atoms with E-state index in [1.54, 1.807) is 13.2 Å². The average molecular weight is 536 g/mol. The Labute approximate surface area is 229 Å². The number of piperidine rings is 1. The van der Waals surface area contributed by atoms with E-state index in [-0.39, 0.29) is 17.8 Å². The van der Waals surface area contributed by atoms with Gasteiger partial charge in [-0.1, -0.05) is 42.5 Å². The number of aromatic hydroxyl groups is 1. The minimum atomic E-state index is -0.939. The molecule has 1 amide bonds. The molecule has 2 unspecified atom stereocenters. The van der Waals surface area contributed by atoms with E-state index in [1.165, 1.54) is 4.90 Å². The van der Waals surface area contributed by atoms with Crippen LogP contribution in [0.4, 0.5) is 4.79 Å². The zero-order valence-electron chi connectivity index (χ0n) is 22.5. The summed E-state index contributed by atoms with van der Waals surface area (Å²) in [4.78, 5) is 13.0. The highest BCUT2D eigenvalue weighted by Crippen LogP contribution is 2.32. The maximum atomic E-state index is 11.6. The van der Waals surface area contributed by atoms with Crippen molar-refractivity contribution >= 4 is 6.09 Å². The highest BCUT2D eigenvalue weighted by molar-refractivity contribution is 5.65. The summed E-state index contributed by atoms with van der Waals surface area (Å²) >= 11 is 0. The number of benzene rings is 3. The number of carbonyl (C=O) groups is 1. The van der Waals surface area contributed by atoms with Crippen LogP contribution in [0.15, 0.2) is 66.7 Å². The summed E-state index contributed by atoms with van der Waals surface area (Å²) in [5.41, 5.74) is 3.75. The highest BCUT2D eigenvalue weighted by Gasteiger charge is 2.33. The monoisotopic (exact) mass is 535 g/mol. The SMILES string of the molecule is COc1ccccc1COCCCOc1ccc(C2CCN(C(=O)O)CC2OCc2ccc(C)c(O)c2)cc1. The molecule has 1 fully saturated rings. The summed E-state index contributed by atoms with van der Waals surface area (Å²) in [7, 11) is 1.65. The summed E-state index contributed by atoms with van der Waals surface area (Å²) in [6.07, 6.45) is 0.186. The molecule has 1 aliphatic heterocycles. The van der Waals surface area contributed by atoms with Crippen LogP contribution < -0.4 is 9.47 Å². The number of aryl methyl sites for hydroxylation is 1. The van der Waals surface area contributed by atoms with Crippen molar-refractivity contribution in [1.82, 2.24) is 4.90 Å². The van der Waals surface area contributed by atoms with Crippen LogP contribution in [0.3, 0.4) is 0 Å². The molecule has 0 spiro atoms. The minimum Gasteiger partial charge on any atom is -0.508 e. The Kier molecular flexibility index (Phi) is 10.1. The molecule has 0 saturated carbocycles. The first kappa shape index (κ1) is 28.3. The van der Waals surface area contributed by atoms with E-state index in [9.17, 15) is 15.0 Å². The first-order valence-corrected chi connectivity index (χ1v) is 13.2. The van der Waals surface area contributed by atoms with Gasteiger partial charge in [-0.15, -0.1) is 0 Å². The highest BCUT2D eigenvalue weighted by atomic mass is 16.5. The number of hydrogen-bond acceptors (Lipinski definition) is 6. The van der Waals surface area contributed by atoms with Crippen molar-refractivity contribution in [2.75, 3.05) is 33.4 Å². The molecule has 1 saturated heterocycles. The largest absolute Gasteiger partial charge is 0.508 e. The van der Waals surface area contributed by atoms with Crippen molar-refractivity contribution in [1.29, 1.82) is 0 Å². The lowest BCUT2D eigenvalue weighted by atomic mass is 9.87. The third-order valence-electron chi connectivity index (χ3n) is 7.03. The third kappa shape index (κ3) is 7.88. The molecule has 39 heavy (non-hydrogen) atoms. The second-order valence-corrected chi connectivity index (χ2v) is 9.73. The minimum absolute atomic E-state index is 0.0528. The fourth-order valence-corrected chi connectivity index (χ4v) is 4.76. The molecule has 8 heteroatoms. The van der Waals surface area contributed by atoms with Crippen LogP contribution in [0.25, 0.3) is 0 Å². The number of likely N-dealkylation sites (tertiary alicyclic amines) is 1. The van der Waals surface area contributed by atoms with Crippen molar-refractivity contribution in [2.45, 2.75) is 45.0 Å². The standard InChI is InChI=1S/C31H37NO7/c1-22-8-9-23(18-28(22)33)20-39-30-19-32(31(34)35)15-14-27(30)24-10-12-26(13-11-24)38-17-5-16-37-21-25-6-3-4-7-29(25)36-2/h3-4,6-13,18,27,30,33H,5,14-17,19-21H2,1-2H3,(H,34,35). The van der Waals surface area contributed by atoms with Gasteiger partial charge in [0.1, 0.15) is 17.2 Å². The molecular weight excluding hydrogens is 498 g/mol. The van der Waals surface area contributed by atoms with Crippen LogP contribution in [0.5, 0.6) is 17.2 Å². The van der Waals surface area contributed by atoms with Gasteiger partial charge in [-0.3, -0.25) is 0 Å². The number of carboxylic acid groups (broad SMARTS) is 1. The van der Waals surface area contributed by atoms with Gasteiger partial charge in [-0.25, -0.2) is 4.79 Å². The summed E-state index contributed by atoms with van der Waals surface area (Å²) in [5.74, 6) is 1.88. The van der Waals surface area contributed by atoms with E-state index < -0.39 is 6.09 Å². The molecule has 3 aromatic rings. The van der Waals surface area contributed by atoms with Crippen LogP contribution in [0.1, 0.15) is 41.0 Å². The second kappa shape index (κ2) is 13.9. The lowest BCUT2D eigenvalue weighted by Crippen LogP contribution is -2.46. The molecule has 2 atom stereocenters. The van der Waals surface area contributed by atoms with Crippen molar-refractivity contribution in [3.8, 4) is 17.2 Å². The van der Waals surface area contributed by atoms with Gasteiger partial charge in [-0.05, 0) is 54.3 Å². The number of ether oxygens (including phenoxy) is 4. The van der Waals surface area contributed by atoms with Gasteiger partial charge >= 0.3 is 6.09 Å². The smallest absolute Gasteiger partial charge is 0.407 e. The molecule has 0 aromatic heterocycles.